The summed E-state index contributed by atoms with van der Waals surface area (Å²) in [6.07, 6.45) is 19.8. The van der Waals surface area contributed by atoms with Crippen molar-refractivity contribution in [2.24, 2.45) is 0 Å². The summed E-state index contributed by atoms with van der Waals surface area (Å²) in [5.74, 6) is 0. The van der Waals surface area contributed by atoms with Gasteiger partial charge in [0.15, 0.2) is 0 Å². The van der Waals surface area contributed by atoms with Gasteiger partial charge in [0.05, 0.1) is 0 Å². The van der Waals surface area contributed by atoms with Gasteiger partial charge in [-0.25, -0.2) is 0 Å². The van der Waals surface area contributed by atoms with Crippen molar-refractivity contribution in [1.82, 2.24) is 0 Å². The second-order valence-electron chi connectivity index (χ2n) is 9.45. The number of benzene rings is 1. The molecule has 2 heterocycles. The fourth-order valence-corrected chi connectivity index (χ4v) is 12.3. The van der Waals surface area contributed by atoms with E-state index in [1.165, 1.54) is 51.4 Å². The Balaban J connectivity index is 0.000000343. The predicted octanol–water partition coefficient (Wildman–Crippen LogP) is 9.01. The molecule has 0 nitrogen and oxygen atoms in total. The van der Waals surface area contributed by atoms with E-state index in [9.17, 15) is 17.3 Å². The van der Waals surface area contributed by atoms with Crippen molar-refractivity contribution in [2.75, 3.05) is 0 Å². The molecule has 2 fully saturated rings. The van der Waals surface area contributed by atoms with E-state index in [1.807, 2.05) is 0 Å². The zero-order chi connectivity index (χ0) is 24.4. The standard InChI is InChI=1S/C18H28P2.C8H12.BF4.Rh/c1-13-9-10-14(2)19(13)17-7-5-6-8-18(17)20-15(3)11-12-16(20)4;1-2-4-6-8-7-5-3-1;2-1(3,4)5;/h5-8,13-16H,9-12H2,1-4H3;1-2,7-8H,3-6H2;;/q;;-1;/t13-,14-,15-,16-;;;/m1.../s1. The minimum Gasteiger partial charge on any atom is -0.418 e. The smallest absolute Gasteiger partial charge is 0.418 e. The summed E-state index contributed by atoms with van der Waals surface area (Å²) in [6.45, 7) is 10.0. The summed E-state index contributed by atoms with van der Waals surface area (Å²) in [5.41, 5.74) is 3.74. The van der Waals surface area contributed by atoms with E-state index >= 15 is 0 Å². The van der Waals surface area contributed by atoms with Crippen LogP contribution in [0, 0.1) is 0 Å². The summed E-state index contributed by atoms with van der Waals surface area (Å²) in [7, 11) is -5.84. The molecular weight excluding hydrogens is 564 g/mol. The van der Waals surface area contributed by atoms with Gasteiger partial charge in [-0.15, -0.1) is 0 Å². The SMILES string of the molecule is C1=CCCC=CCC1.C[C@@H]1CC[C@@H](C)P1c1ccccc1P1[C@H](C)CC[C@H]1C.F[B-](F)(F)F.[Rh]. The summed E-state index contributed by atoms with van der Waals surface area (Å²) in [5, 5.41) is 3.57. The van der Waals surface area contributed by atoms with Crippen molar-refractivity contribution < 1.29 is 36.7 Å². The Hall–Kier alpha value is -0.0317. The summed E-state index contributed by atoms with van der Waals surface area (Å²) < 4.78 is 39.0. The van der Waals surface area contributed by atoms with Crippen molar-refractivity contribution in [2.45, 2.75) is 102 Å². The molecule has 1 aromatic rings. The maximum Gasteiger partial charge on any atom is 0.673 e. The molecular formula is C26H40BF4P2Rh-. The average Bonchev–Trinajstić information content (AvgIpc) is 3.21. The molecule has 0 bridgehead atoms. The average molecular weight is 604 g/mol. The van der Waals surface area contributed by atoms with Crippen LogP contribution in [0.1, 0.15) is 79.1 Å². The molecule has 34 heavy (non-hydrogen) atoms. The largest absolute Gasteiger partial charge is 0.673 e. The summed E-state index contributed by atoms with van der Waals surface area (Å²) >= 11 is 0. The molecule has 4 rings (SSSR count). The monoisotopic (exact) mass is 604 g/mol. The Bertz CT molecular complexity index is 676. The maximum atomic E-state index is 9.75. The molecule has 0 aromatic heterocycles. The first-order valence-corrected chi connectivity index (χ1v) is 15.4. The third kappa shape index (κ3) is 10.9. The van der Waals surface area contributed by atoms with Gasteiger partial charge < -0.3 is 17.3 Å². The number of hydrogen-bond acceptors (Lipinski definition) is 0. The van der Waals surface area contributed by atoms with Gasteiger partial charge in [-0.1, -0.05) is 92.1 Å². The molecule has 1 aromatic carbocycles. The third-order valence-corrected chi connectivity index (χ3v) is 13.6. The van der Waals surface area contributed by atoms with E-state index in [0.717, 1.165) is 22.6 Å². The number of halogens is 4. The van der Waals surface area contributed by atoms with Crippen LogP contribution < -0.4 is 10.6 Å². The van der Waals surface area contributed by atoms with E-state index in [-0.39, 0.29) is 35.3 Å². The number of hydrogen-bond donors (Lipinski definition) is 0. The van der Waals surface area contributed by atoms with Crippen LogP contribution in [-0.2, 0) is 19.5 Å². The Morgan fingerprint density at radius 2 is 0.824 bits per heavy atom. The molecule has 2 aliphatic heterocycles. The second kappa shape index (κ2) is 15.9. The predicted molar refractivity (Wildman–Crippen MR) is 143 cm³/mol. The first-order valence-electron chi connectivity index (χ1n) is 12.4. The van der Waals surface area contributed by atoms with Crippen molar-refractivity contribution in [3.05, 3.63) is 48.6 Å². The van der Waals surface area contributed by atoms with Gasteiger partial charge in [-0.2, -0.15) is 0 Å². The van der Waals surface area contributed by atoms with E-state index in [1.54, 1.807) is 10.6 Å². The van der Waals surface area contributed by atoms with Gasteiger partial charge in [-0.3, -0.25) is 0 Å². The number of allylic oxidation sites excluding steroid dienone is 4. The number of rotatable bonds is 2. The topological polar surface area (TPSA) is 0 Å². The van der Waals surface area contributed by atoms with Gasteiger partial charge in [0, 0.05) is 19.5 Å². The van der Waals surface area contributed by atoms with Crippen molar-refractivity contribution >= 4 is 33.7 Å². The van der Waals surface area contributed by atoms with Crippen LogP contribution in [0.3, 0.4) is 0 Å². The minimum absolute atomic E-state index is 0. The van der Waals surface area contributed by atoms with Gasteiger partial charge in [0.25, 0.3) is 0 Å². The van der Waals surface area contributed by atoms with E-state index in [0.29, 0.717) is 0 Å². The molecule has 195 valence electrons. The Morgan fingerprint density at radius 1 is 0.588 bits per heavy atom. The Labute approximate surface area is 220 Å². The zero-order valence-corrected chi connectivity index (χ0v) is 24.3. The van der Waals surface area contributed by atoms with Crippen LogP contribution in [0.15, 0.2) is 48.6 Å². The van der Waals surface area contributed by atoms with Crippen LogP contribution in [0.25, 0.3) is 0 Å². The third-order valence-electron chi connectivity index (χ3n) is 6.68. The van der Waals surface area contributed by atoms with E-state index in [4.69, 9.17) is 0 Å². The van der Waals surface area contributed by atoms with Gasteiger partial charge in [0.1, 0.15) is 0 Å². The van der Waals surface area contributed by atoms with E-state index in [2.05, 4.69) is 76.3 Å². The van der Waals surface area contributed by atoms with Crippen LogP contribution in [-0.4, -0.2) is 29.9 Å². The van der Waals surface area contributed by atoms with Gasteiger partial charge >= 0.3 is 7.25 Å². The van der Waals surface area contributed by atoms with Crippen molar-refractivity contribution in [3.63, 3.8) is 0 Å². The van der Waals surface area contributed by atoms with Crippen LogP contribution >= 0.6 is 15.8 Å². The molecule has 1 radical (unpaired) electrons. The normalized spacial score (nSPS) is 27.5. The summed E-state index contributed by atoms with van der Waals surface area (Å²) in [6, 6.07) is 9.55. The van der Waals surface area contributed by atoms with Crippen LogP contribution in [0.2, 0.25) is 0 Å². The molecule has 0 unspecified atom stereocenters. The van der Waals surface area contributed by atoms with Gasteiger partial charge in [-0.05, 0) is 84.6 Å². The Kier molecular flexibility index (Phi) is 15.0. The maximum absolute atomic E-state index is 9.75. The van der Waals surface area contributed by atoms with Crippen LogP contribution in [0.5, 0.6) is 0 Å². The molecule has 2 saturated heterocycles. The molecule has 8 heteroatoms. The van der Waals surface area contributed by atoms with Crippen LogP contribution in [0.4, 0.5) is 17.3 Å². The molecule has 4 atom stereocenters. The first-order chi connectivity index (χ1) is 15.6. The second-order valence-corrected chi connectivity index (χ2v) is 15.6. The molecule has 3 aliphatic rings. The minimum atomic E-state index is -6.00. The quantitative estimate of drug-likeness (QED) is 0.137. The first kappa shape index (κ1) is 32.0. The van der Waals surface area contributed by atoms with Crippen molar-refractivity contribution in [1.29, 1.82) is 0 Å². The Morgan fingerprint density at radius 3 is 1.06 bits per heavy atom. The molecule has 1 aliphatic carbocycles. The molecule has 0 amide bonds. The fraction of sp³-hybridized carbons (Fsp3) is 0.615. The van der Waals surface area contributed by atoms with Crippen molar-refractivity contribution in [3.8, 4) is 0 Å². The van der Waals surface area contributed by atoms with Gasteiger partial charge in [0.2, 0.25) is 0 Å². The summed E-state index contributed by atoms with van der Waals surface area (Å²) in [4.78, 5) is 0. The zero-order valence-electron chi connectivity index (χ0n) is 20.9. The molecule has 0 N–H and O–H groups in total. The van der Waals surface area contributed by atoms with E-state index < -0.39 is 7.25 Å². The molecule has 0 spiro atoms. The molecule has 0 saturated carbocycles. The fourth-order valence-electron chi connectivity index (χ4n) is 5.10.